The zero-order chi connectivity index (χ0) is 15.2. The number of amides is 1. The number of hydrogen-bond donors (Lipinski definition) is 1. The van der Waals surface area contributed by atoms with Crippen molar-refractivity contribution in [3.8, 4) is 0 Å². The maximum Gasteiger partial charge on any atom is 0.226 e. The van der Waals surface area contributed by atoms with Gasteiger partial charge in [0.15, 0.2) is 0 Å². The van der Waals surface area contributed by atoms with Crippen molar-refractivity contribution in [2.45, 2.75) is 39.7 Å². The molecule has 3 heteroatoms. The third kappa shape index (κ3) is 4.31. The molecule has 3 nitrogen and oxygen atoms in total. The molecule has 1 aliphatic carbocycles. The minimum atomic E-state index is 0.137. The highest BCUT2D eigenvalue weighted by Gasteiger charge is 2.34. The molecule has 1 fully saturated rings. The SMILES string of the molecule is CC(C)CN(Cc1ccccc1)C(=O)[C@@H]1CCC[C@@H]1CN. The van der Waals surface area contributed by atoms with E-state index in [0.29, 0.717) is 30.8 Å². The largest absolute Gasteiger partial charge is 0.338 e. The van der Waals surface area contributed by atoms with Crippen LogP contribution in [0.4, 0.5) is 0 Å². The molecule has 0 spiro atoms. The molecule has 0 unspecified atom stereocenters. The predicted molar refractivity (Wildman–Crippen MR) is 86.6 cm³/mol. The first kappa shape index (κ1) is 16.0. The van der Waals surface area contributed by atoms with Crippen molar-refractivity contribution in [3.63, 3.8) is 0 Å². The number of benzene rings is 1. The van der Waals surface area contributed by atoms with Crippen LogP contribution in [0.5, 0.6) is 0 Å². The Morgan fingerprint density at radius 3 is 2.62 bits per heavy atom. The molecule has 1 aromatic carbocycles. The summed E-state index contributed by atoms with van der Waals surface area (Å²) in [5, 5.41) is 0. The third-order valence-corrected chi connectivity index (χ3v) is 4.39. The van der Waals surface area contributed by atoms with Crippen LogP contribution in [0.2, 0.25) is 0 Å². The molecule has 1 amide bonds. The smallest absolute Gasteiger partial charge is 0.226 e. The summed E-state index contributed by atoms with van der Waals surface area (Å²) in [6, 6.07) is 10.3. The van der Waals surface area contributed by atoms with Crippen molar-refractivity contribution in [2.24, 2.45) is 23.5 Å². The highest BCUT2D eigenvalue weighted by molar-refractivity contribution is 5.79. The van der Waals surface area contributed by atoms with Crippen LogP contribution >= 0.6 is 0 Å². The number of nitrogens with zero attached hydrogens (tertiary/aromatic N) is 1. The van der Waals surface area contributed by atoms with Gasteiger partial charge in [0.1, 0.15) is 0 Å². The molecule has 1 aromatic rings. The molecule has 1 saturated carbocycles. The van der Waals surface area contributed by atoms with Crippen LogP contribution in [0.3, 0.4) is 0 Å². The van der Waals surface area contributed by atoms with Gasteiger partial charge < -0.3 is 10.6 Å². The van der Waals surface area contributed by atoms with Crippen molar-refractivity contribution in [1.82, 2.24) is 4.90 Å². The van der Waals surface area contributed by atoms with Crippen LogP contribution in [0.25, 0.3) is 0 Å². The molecule has 0 heterocycles. The Bertz CT molecular complexity index is 444. The third-order valence-electron chi connectivity index (χ3n) is 4.39. The molecule has 2 N–H and O–H groups in total. The zero-order valence-corrected chi connectivity index (χ0v) is 13.3. The van der Waals surface area contributed by atoms with Gasteiger partial charge in [0.2, 0.25) is 5.91 Å². The van der Waals surface area contributed by atoms with E-state index < -0.39 is 0 Å². The summed E-state index contributed by atoms with van der Waals surface area (Å²) < 4.78 is 0. The standard InChI is InChI=1S/C18H28N2O/c1-14(2)12-20(13-15-7-4-3-5-8-15)18(21)17-10-6-9-16(17)11-19/h3-5,7-8,14,16-17H,6,9-13,19H2,1-2H3/t16-,17-/m1/s1. The van der Waals surface area contributed by atoms with Gasteiger partial charge in [-0.2, -0.15) is 0 Å². The second kappa shape index (κ2) is 7.60. The van der Waals surface area contributed by atoms with Crippen LogP contribution in [0.15, 0.2) is 30.3 Å². The molecule has 0 bridgehead atoms. The number of hydrogen-bond acceptors (Lipinski definition) is 2. The highest BCUT2D eigenvalue weighted by Crippen LogP contribution is 2.33. The summed E-state index contributed by atoms with van der Waals surface area (Å²) in [7, 11) is 0. The zero-order valence-electron chi connectivity index (χ0n) is 13.3. The second-order valence-electron chi connectivity index (χ2n) is 6.63. The first-order valence-corrected chi connectivity index (χ1v) is 8.14. The topological polar surface area (TPSA) is 46.3 Å². The molecule has 0 aromatic heterocycles. The van der Waals surface area contributed by atoms with Gasteiger partial charge in [-0.15, -0.1) is 0 Å². The Hall–Kier alpha value is -1.35. The molecule has 2 atom stereocenters. The monoisotopic (exact) mass is 288 g/mol. The fourth-order valence-corrected chi connectivity index (χ4v) is 3.36. The lowest BCUT2D eigenvalue weighted by Crippen LogP contribution is -2.40. The number of carbonyl (C=O) groups is 1. The molecule has 1 aliphatic rings. The van der Waals surface area contributed by atoms with E-state index in [2.05, 4.69) is 26.0 Å². The molecule has 21 heavy (non-hydrogen) atoms. The van der Waals surface area contributed by atoms with E-state index in [1.165, 1.54) is 5.56 Å². The normalized spacial score (nSPS) is 21.7. The lowest BCUT2D eigenvalue weighted by molar-refractivity contribution is -0.137. The summed E-state index contributed by atoms with van der Waals surface area (Å²) in [5.74, 6) is 1.30. The lowest BCUT2D eigenvalue weighted by atomic mass is 9.94. The first-order chi connectivity index (χ1) is 10.1. The molecule has 0 aliphatic heterocycles. The van der Waals surface area contributed by atoms with Crippen molar-refractivity contribution in [3.05, 3.63) is 35.9 Å². The van der Waals surface area contributed by atoms with Crippen LogP contribution < -0.4 is 5.73 Å². The van der Waals surface area contributed by atoms with Crippen LogP contribution in [0.1, 0.15) is 38.7 Å². The van der Waals surface area contributed by atoms with Gasteiger partial charge in [0.25, 0.3) is 0 Å². The van der Waals surface area contributed by atoms with Gasteiger partial charge in [-0.05, 0) is 36.8 Å². The van der Waals surface area contributed by atoms with E-state index in [4.69, 9.17) is 5.73 Å². The summed E-state index contributed by atoms with van der Waals surface area (Å²) in [6.07, 6.45) is 3.25. The Morgan fingerprint density at radius 1 is 1.29 bits per heavy atom. The average molecular weight is 288 g/mol. The van der Waals surface area contributed by atoms with Crippen LogP contribution in [-0.2, 0) is 11.3 Å². The molecular weight excluding hydrogens is 260 g/mol. The van der Waals surface area contributed by atoms with Crippen molar-refractivity contribution in [1.29, 1.82) is 0 Å². The van der Waals surface area contributed by atoms with Crippen molar-refractivity contribution < 1.29 is 4.79 Å². The molecule has 2 rings (SSSR count). The van der Waals surface area contributed by atoms with E-state index >= 15 is 0 Å². The van der Waals surface area contributed by atoms with E-state index in [-0.39, 0.29) is 5.92 Å². The molecule has 116 valence electrons. The van der Waals surface area contributed by atoms with E-state index in [1.54, 1.807) is 0 Å². The van der Waals surface area contributed by atoms with Gasteiger partial charge in [-0.1, -0.05) is 50.6 Å². The van der Waals surface area contributed by atoms with Gasteiger partial charge in [0, 0.05) is 19.0 Å². The Morgan fingerprint density at radius 2 is 2.00 bits per heavy atom. The minimum absolute atomic E-state index is 0.137. The average Bonchev–Trinajstić information content (AvgIpc) is 2.95. The second-order valence-corrected chi connectivity index (χ2v) is 6.63. The molecular formula is C18H28N2O. The van der Waals surface area contributed by atoms with Crippen LogP contribution in [0, 0.1) is 17.8 Å². The lowest BCUT2D eigenvalue weighted by Gasteiger charge is -2.29. The maximum atomic E-state index is 12.9. The summed E-state index contributed by atoms with van der Waals surface area (Å²) >= 11 is 0. The van der Waals surface area contributed by atoms with Crippen molar-refractivity contribution >= 4 is 5.91 Å². The van der Waals surface area contributed by atoms with E-state index in [0.717, 1.165) is 25.8 Å². The summed E-state index contributed by atoms with van der Waals surface area (Å²) in [5.41, 5.74) is 7.05. The number of rotatable bonds is 6. The number of carbonyl (C=O) groups excluding carboxylic acids is 1. The van der Waals surface area contributed by atoms with Gasteiger partial charge >= 0.3 is 0 Å². The van der Waals surface area contributed by atoms with E-state index in [1.807, 2.05) is 23.1 Å². The Labute approximate surface area is 128 Å². The van der Waals surface area contributed by atoms with E-state index in [9.17, 15) is 4.79 Å². The predicted octanol–water partition coefficient (Wildman–Crippen LogP) is 3.05. The fourth-order valence-electron chi connectivity index (χ4n) is 3.36. The minimum Gasteiger partial charge on any atom is -0.338 e. The summed E-state index contributed by atoms with van der Waals surface area (Å²) in [4.78, 5) is 15.0. The van der Waals surface area contributed by atoms with Crippen molar-refractivity contribution in [2.75, 3.05) is 13.1 Å². The Balaban J connectivity index is 2.09. The number of nitrogens with two attached hydrogens (primary N) is 1. The highest BCUT2D eigenvalue weighted by atomic mass is 16.2. The Kier molecular flexibility index (Phi) is 5.80. The van der Waals surface area contributed by atoms with Gasteiger partial charge in [-0.3, -0.25) is 4.79 Å². The van der Waals surface area contributed by atoms with Crippen LogP contribution in [-0.4, -0.2) is 23.9 Å². The quantitative estimate of drug-likeness (QED) is 0.874. The summed E-state index contributed by atoms with van der Waals surface area (Å²) in [6.45, 7) is 6.51. The maximum absolute atomic E-state index is 12.9. The molecule has 0 saturated heterocycles. The first-order valence-electron chi connectivity index (χ1n) is 8.14. The van der Waals surface area contributed by atoms with Gasteiger partial charge in [0.05, 0.1) is 0 Å². The fraction of sp³-hybridized carbons (Fsp3) is 0.611. The molecule has 0 radical (unpaired) electrons. The van der Waals surface area contributed by atoms with Gasteiger partial charge in [-0.25, -0.2) is 0 Å².